The number of urea groups is 1. The van der Waals surface area contributed by atoms with E-state index in [-0.39, 0.29) is 6.03 Å². The maximum Gasteiger partial charge on any atom is 0.323 e. The van der Waals surface area contributed by atoms with Gasteiger partial charge in [-0.25, -0.2) is 4.79 Å². The van der Waals surface area contributed by atoms with Crippen LogP contribution in [-0.4, -0.2) is 12.6 Å². The molecule has 0 radical (unpaired) electrons. The number of hydrogen-bond donors (Lipinski definition) is 2. The van der Waals surface area contributed by atoms with Gasteiger partial charge in [0.25, 0.3) is 0 Å². The smallest absolute Gasteiger partial charge is 0.323 e. The summed E-state index contributed by atoms with van der Waals surface area (Å²) < 4.78 is 6.18. The number of nitrogens with one attached hydrogen (secondary N) is 2. The minimum absolute atomic E-state index is 0.291. The van der Waals surface area contributed by atoms with Crippen LogP contribution in [0.25, 0.3) is 0 Å². The quantitative estimate of drug-likeness (QED) is 0.865. The second kappa shape index (κ2) is 6.96. The lowest BCUT2D eigenvalue weighted by atomic mass is 10.3. The molecule has 0 saturated carbocycles. The Morgan fingerprint density at radius 1 is 1.10 bits per heavy atom. The van der Waals surface area contributed by atoms with Crippen LogP contribution in [0, 0.1) is 0 Å². The van der Waals surface area contributed by atoms with Crippen LogP contribution in [0.3, 0.4) is 0 Å². The third kappa shape index (κ3) is 3.99. The van der Waals surface area contributed by atoms with Crippen LogP contribution in [0.5, 0.6) is 5.75 Å². The molecular formula is C15H15BrN2O2. The summed E-state index contributed by atoms with van der Waals surface area (Å²) >= 11 is 3.38. The fourth-order valence-corrected chi connectivity index (χ4v) is 2.03. The van der Waals surface area contributed by atoms with E-state index in [1.807, 2.05) is 43.3 Å². The number of amides is 2. The van der Waals surface area contributed by atoms with E-state index >= 15 is 0 Å². The maximum atomic E-state index is 11.9. The van der Waals surface area contributed by atoms with Crippen LogP contribution >= 0.6 is 15.9 Å². The van der Waals surface area contributed by atoms with Crippen LogP contribution in [0.15, 0.2) is 53.0 Å². The minimum atomic E-state index is -0.291. The molecule has 2 aromatic rings. The summed E-state index contributed by atoms with van der Waals surface area (Å²) in [6.07, 6.45) is 0. The number of ether oxygens (including phenoxy) is 1. The highest BCUT2D eigenvalue weighted by atomic mass is 79.9. The van der Waals surface area contributed by atoms with Crippen LogP contribution in [0.4, 0.5) is 16.2 Å². The number of anilines is 2. The molecule has 104 valence electrons. The molecule has 2 N–H and O–H groups in total. The van der Waals surface area contributed by atoms with Gasteiger partial charge in [-0.2, -0.15) is 0 Å². The Morgan fingerprint density at radius 3 is 2.45 bits per heavy atom. The molecule has 0 saturated heterocycles. The van der Waals surface area contributed by atoms with Crippen molar-refractivity contribution in [3.63, 3.8) is 0 Å². The highest BCUT2D eigenvalue weighted by molar-refractivity contribution is 9.10. The van der Waals surface area contributed by atoms with E-state index in [0.717, 1.165) is 15.9 Å². The Hall–Kier alpha value is -2.01. The van der Waals surface area contributed by atoms with Crippen molar-refractivity contribution >= 4 is 33.3 Å². The molecule has 5 heteroatoms. The van der Waals surface area contributed by atoms with Gasteiger partial charge in [-0.05, 0) is 59.3 Å². The standard InChI is InChI=1S/C15H15BrN2O2/c1-2-20-12-9-7-11(8-10-12)17-15(19)18-14-6-4-3-5-13(14)16/h3-10H,2H2,1H3,(H2,17,18,19). The van der Waals surface area contributed by atoms with Crippen molar-refractivity contribution < 1.29 is 9.53 Å². The fraction of sp³-hybridized carbons (Fsp3) is 0.133. The van der Waals surface area contributed by atoms with Crippen LogP contribution < -0.4 is 15.4 Å². The van der Waals surface area contributed by atoms with E-state index in [2.05, 4.69) is 26.6 Å². The first-order valence-electron chi connectivity index (χ1n) is 6.24. The molecular weight excluding hydrogens is 320 g/mol. The van der Waals surface area contributed by atoms with Gasteiger partial charge in [-0.3, -0.25) is 0 Å². The predicted molar refractivity (Wildman–Crippen MR) is 84.4 cm³/mol. The summed E-state index contributed by atoms with van der Waals surface area (Å²) in [6.45, 7) is 2.55. The van der Waals surface area contributed by atoms with Gasteiger partial charge in [-0.1, -0.05) is 12.1 Å². The molecule has 0 aliphatic rings. The first kappa shape index (κ1) is 14.4. The van der Waals surface area contributed by atoms with E-state index in [1.165, 1.54) is 0 Å². The Morgan fingerprint density at radius 2 is 1.80 bits per heavy atom. The molecule has 2 amide bonds. The van der Waals surface area contributed by atoms with Crippen molar-refractivity contribution in [3.8, 4) is 5.75 Å². The van der Waals surface area contributed by atoms with Gasteiger partial charge in [0.15, 0.2) is 0 Å². The van der Waals surface area contributed by atoms with Gasteiger partial charge in [0.1, 0.15) is 5.75 Å². The molecule has 0 bridgehead atoms. The van der Waals surface area contributed by atoms with Crippen molar-refractivity contribution in [2.24, 2.45) is 0 Å². The monoisotopic (exact) mass is 334 g/mol. The number of para-hydroxylation sites is 1. The van der Waals surface area contributed by atoms with Crippen LogP contribution in [-0.2, 0) is 0 Å². The molecule has 0 aliphatic heterocycles. The normalized spacial score (nSPS) is 9.90. The molecule has 0 heterocycles. The zero-order valence-electron chi connectivity index (χ0n) is 11.0. The Kier molecular flexibility index (Phi) is 5.01. The van der Waals surface area contributed by atoms with Crippen molar-refractivity contribution in [2.45, 2.75) is 6.92 Å². The van der Waals surface area contributed by atoms with Gasteiger partial charge in [0, 0.05) is 10.2 Å². The maximum absolute atomic E-state index is 11.9. The molecule has 20 heavy (non-hydrogen) atoms. The average Bonchev–Trinajstić information content (AvgIpc) is 2.44. The van der Waals surface area contributed by atoms with Crippen LogP contribution in [0.2, 0.25) is 0 Å². The summed E-state index contributed by atoms with van der Waals surface area (Å²) in [6, 6.07) is 14.4. The molecule has 0 aromatic heterocycles. The molecule has 0 unspecified atom stereocenters. The third-order valence-corrected chi connectivity index (χ3v) is 3.24. The van der Waals surface area contributed by atoms with Crippen molar-refractivity contribution in [2.75, 3.05) is 17.2 Å². The van der Waals surface area contributed by atoms with E-state index in [4.69, 9.17) is 4.74 Å². The third-order valence-electron chi connectivity index (χ3n) is 2.55. The number of halogens is 1. The van der Waals surface area contributed by atoms with Gasteiger partial charge < -0.3 is 15.4 Å². The van der Waals surface area contributed by atoms with Gasteiger partial charge in [0.05, 0.1) is 12.3 Å². The highest BCUT2D eigenvalue weighted by Crippen LogP contribution is 2.21. The fourth-order valence-electron chi connectivity index (χ4n) is 1.65. The summed E-state index contributed by atoms with van der Waals surface area (Å²) in [5.74, 6) is 0.782. The first-order chi connectivity index (χ1) is 9.69. The second-order valence-corrected chi connectivity index (χ2v) is 4.87. The van der Waals surface area contributed by atoms with E-state index in [9.17, 15) is 4.79 Å². The SMILES string of the molecule is CCOc1ccc(NC(=O)Nc2ccccc2Br)cc1. The average molecular weight is 335 g/mol. The summed E-state index contributed by atoms with van der Waals surface area (Å²) in [4.78, 5) is 11.9. The van der Waals surface area contributed by atoms with Gasteiger partial charge in [-0.15, -0.1) is 0 Å². The molecule has 2 rings (SSSR count). The summed E-state index contributed by atoms with van der Waals surface area (Å²) in [7, 11) is 0. The summed E-state index contributed by atoms with van der Waals surface area (Å²) in [5, 5.41) is 5.53. The molecule has 0 fully saturated rings. The number of benzene rings is 2. The number of hydrogen-bond acceptors (Lipinski definition) is 2. The molecule has 0 atom stereocenters. The van der Waals surface area contributed by atoms with E-state index in [0.29, 0.717) is 12.3 Å². The van der Waals surface area contributed by atoms with Gasteiger partial charge >= 0.3 is 6.03 Å². The topological polar surface area (TPSA) is 50.4 Å². The predicted octanol–water partition coefficient (Wildman–Crippen LogP) is 4.49. The van der Waals surface area contributed by atoms with E-state index < -0.39 is 0 Å². The lowest BCUT2D eigenvalue weighted by Crippen LogP contribution is -2.19. The molecule has 4 nitrogen and oxygen atoms in total. The minimum Gasteiger partial charge on any atom is -0.494 e. The Bertz CT molecular complexity index is 585. The molecule has 0 aliphatic carbocycles. The van der Waals surface area contributed by atoms with Gasteiger partial charge in [0.2, 0.25) is 0 Å². The lowest BCUT2D eigenvalue weighted by Gasteiger charge is -2.09. The number of carbonyl (C=O) groups is 1. The molecule has 0 spiro atoms. The number of rotatable bonds is 4. The molecule has 2 aromatic carbocycles. The zero-order chi connectivity index (χ0) is 14.4. The second-order valence-electron chi connectivity index (χ2n) is 4.02. The summed E-state index contributed by atoms with van der Waals surface area (Å²) in [5.41, 5.74) is 1.42. The Labute approximate surface area is 126 Å². The van der Waals surface area contributed by atoms with Crippen molar-refractivity contribution in [1.29, 1.82) is 0 Å². The first-order valence-corrected chi connectivity index (χ1v) is 7.03. The van der Waals surface area contributed by atoms with E-state index in [1.54, 1.807) is 12.1 Å². The Balaban J connectivity index is 1.96. The lowest BCUT2D eigenvalue weighted by molar-refractivity contribution is 0.262. The van der Waals surface area contributed by atoms with Crippen LogP contribution in [0.1, 0.15) is 6.92 Å². The largest absolute Gasteiger partial charge is 0.494 e. The zero-order valence-corrected chi connectivity index (χ0v) is 12.6. The van der Waals surface area contributed by atoms with Crippen molar-refractivity contribution in [3.05, 3.63) is 53.0 Å². The van der Waals surface area contributed by atoms with Crippen molar-refractivity contribution in [1.82, 2.24) is 0 Å². The highest BCUT2D eigenvalue weighted by Gasteiger charge is 2.05. The number of carbonyl (C=O) groups excluding carboxylic acids is 1.